The molecule has 1 amide bonds. The summed E-state index contributed by atoms with van der Waals surface area (Å²) in [6.45, 7) is 2.67. The van der Waals surface area contributed by atoms with E-state index in [2.05, 4.69) is 17.2 Å². The van der Waals surface area contributed by atoms with Crippen molar-refractivity contribution in [3.8, 4) is 5.75 Å². The molecule has 0 aliphatic carbocycles. The van der Waals surface area contributed by atoms with Gasteiger partial charge in [0.25, 0.3) is 5.91 Å². The topological polar surface area (TPSA) is 54.1 Å². The molecule has 0 saturated carbocycles. The second kappa shape index (κ2) is 6.23. The minimum Gasteiger partial charge on any atom is -0.497 e. The highest BCUT2D eigenvalue weighted by molar-refractivity contribution is 7.12. The third-order valence-electron chi connectivity index (χ3n) is 3.73. The Hall–Kier alpha value is -2.27. The number of benzene rings is 1. The van der Waals surface area contributed by atoms with Crippen LogP contribution in [0.15, 0.2) is 35.7 Å². The van der Waals surface area contributed by atoms with Gasteiger partial charge in [0.15, 0.2) is 0 Å². The minimum atomic E-state index is -0.00919. The molecular formula is C17H18N2O2S. The number of rotatable bonds is 5. The summed E-state index contributed by atoms with van der Waals surface area (Å²) in [6, 6.07) is 9.72. The highest BCUT2D eigenvalue weighted by atomic mass is 32.1. The lowest BCUT2D eigenvalue weighted by Gasteiger charge is -2.05. The van der Waals surface area contributed by atoms with E-state index in [0.29, 0.717) is 6.54 Å². The van der Waals surface area contributed by atoms with Crippen LogP contribution in [0, 0.1) is 6.92 Å². The number of aromatic amines is 1. The average molecular weight is 314 g/mol. The summed E-state index contributed by atoms with van der Waals surface area (Å²) in [4.78, 5) is 16.1. The maximum Gasteiger partial charge on any atom is 0.261 e. The summed E-state index contributed by atoms with van der Waals surface area (Å²) < 4.78 is 5.30. The molecule has 1 aromatic carbocycles. The lowest BCUT2D eigenvalue weighted by Crippen LogP contribution is -2.24. The average Bonchev–Trinajstić information content (AvgIpc) is 3.15. The van der Waals surface area contributed by atoms with Gasteiger partial charge in [-0.3, -0.25) is 4.79 Å². The molecule has 0 saturated heterocycles. The monoisotopic (exact) mass is 314 g/mol. The van der Waals surface area contributed by atoms with Crippen LogP contribution < -0.4 is 10.1 Å². The molecular weight excluding hydrogens is 296 g/mol. The van der Waals surface area contributed by atoms with Gasteiger partial charge in [0.1, 0.15) is 5.75 Å². The maximum atomic E-state index is 12.0. The summed E-state index contributed by atoms with van der Waals surface area (Å²) in [5.74, 6) is 0.834. The number of ether oxygens (including phenoxy) is 1. The molecule has 2 N–H and O–H groups in total. The molecule has 0 aliphatic heterocycles. The predicted molar refractivity (Wildman–Crippen MR) is 89.9 cm³/mol. The maximum absolute atomic E-state index is 12.0. The van der Waals surface area contributed by atoms with Crippen molar-refractivity contribution < 1.29 is 9.53 Å². The van der Waals surface area contributed by atoms with Crippen molar-refractivity contribution in [2.45, 2.75) is 13.3 Å². The fourth-order valence-corrected chi connectivity index (χ4v) is 3.25. The second-order valence-corrected chi connectivity index (χ2v) is 6.07. The summed E-state index contributed by atoms with van der Waals surface area (Å²) in [5.41, 5.74) is 3.45. The van der Waals surface area contributed by atoms with Gasteiger partial charge in [0, 0.05) is 23.1 Å². The molecule has 0 aliphatic rings. The predicted octanol–water partition coefficient (Wildman–Crippen LogP) is 3.52. The Morgan fingerprint density at radius 3 is 2.95 bits per heavy atom. The van der Waals surface area contributed by atoms with E-state index < -0.39 is 0 Å². The number of amides is 1. The molecule has 4 nitrogen and oxygen atoms in total. The van der Waals surface area contributed by atoms with Crippen LogP contribution in [0.5, 0.6) is 5.75 Å². The number of carbonyl (C=O) groups is 1. The van der Waals surface area contributed by atoms with Crippen LogP contribution in [-0.2, 0) is 6.42 Å². The van der Waals surface area contributed by atoms with Gasteiger partial charge in [0.05, 0.1) is 12.0 Å². The number of nitrogens with one attached hydrogen (secondary N) is 2. The lowest BCUT2D eigenvalue weighted by atomic mass is 10.1. The van der Waals surface area contributed by atoms with E-state index >= 15 is 0 Å². The number of fused-ring (bicyclic) bond motifs is 1. The van der Waals surface area contributed by atoms with Gasteiger partial charge in [-0.1, -0.05) is 6.07 Å². The van der Waals surface area contributed by atoms with Gasteiger partial charge in [-0.2, -0.15) is 0 Å². The summed E-state index contributed by atoms with van der Waals surface area (Å²) in [5, 5.41) is 6.03. The Bertz CT molecular complexity index is 790. The molecule has 0 spiro atoms. The van der Waals surface area contributed by atoms with Gasteiger partial charge >= 0.3 is 0 Å². The smallest absolute Gasteiger partial charge is 0.261 e. The zero-order valence-electron chi connectivity index (χ0n) is 12.6. The Balaban J connectivity index is 1.73. The van der Waals surface area contributed by atoms with Crippen LogP contribution in [0.1, 0.15) is 20.9 Å². The number of carbonyl (C=O) groups excluding carboxylic acids is 1. The van der Waals surface area contributed by atoms with Crippen molar-refractivity contribution >= 4 is 28.1 Å². The molecule has 0 unspecified atom stereocenters. The van der Waals surface area contributed by atoms with Crippen molar-refractivity contribution in [3.63, 3.8) is 0 Å². The molecule has 0 radical (unpaired) electrons. The molecule has 2 heterocycles. The standard InChI is InChI=1S/C17H18N2O2S/c1-11-13(7-8-18-17(20)16-4-3-9-22-16)14-10-12(21-2)5-6-15(14)19-11/h3-6,9-10,19H,7-8H2,1-2H3,(H,18,20). The number of H-pyrrole nitrogens is 1. The van der Waals surface area contributed by atoms with Gasteiger partial charge in [-0.05, 0) is 48.6 Å². The van der Waals surface area contributed by atoms with Crippen molar-refractivity contribution in [2.75, 3.05) is 13.7 Å². The second-order valence-electron chi connectivity index (χ2n) is 5.12. The van der Waals surface area contributed by atoms with Crippen molar-refractivity contribution in [1.82, 2.24) is 10.3 Å². The van der Waals surface area contributed by atoms with Crippen LogP contribution in [0.25, 0.3) is 10.9 Å². The lowest BCUT2D eigenvalue weighted by molar-refractivity contribution is 0.0958. The largest absolute Gasteiger partial charge is 0.497 e. The first-order valence-electron chi connectivity index (χ1n) is 7.16. The Kier molecular flexibility index (Phi) is 4.15. The summed E-state index contributed by atoms with van der Waals surface area (Å²) in [6.07, 6.45) is 0.788. The van der Waals surface area contributed by atoms with Crippen molar-refractivity contribution in [2.24, 2.45) is 0 Å². The third-order valence-corrected chi connectivity index (χ3v) is 4.60. The van der Waals surface area contributed by atoms with E-state index in [9.17, 15) is 4.79 Å². The first-order chi connectivity index (χ1) is 10.7. The van der Waals surface area contributed by atoms with E-state index in [-0.39, 0.29) is 5.91 Å². The van der Waals surface area contributed by atoms with Crippen molar-refractivity contribution in [3.05, 3.63) is 51.8 Å². The quantitative estimate of drug-likeness (QED) is 0.757. The van der Waals surface area contributed by atoms with Gasteiger partial charge in [-0.25, -0.2) is 0 Å². The number of hydrogen-bond donors (Lipinski definition) is 2. The number of aryl methyl sites for hydroxylation is 1. The number of methoxy groups -OCH3 is 1. The first-order valence-corrected chi connectivity index (χ1v) is 8.04. The molecule has 114 valence electrons. The van der Waals surface area contributed by atoms with Crippen LogP contribution >= 0.6 is 11.3 Å². The Labute approximate surface area is 133 Å². The van der Waals surface area contributed by atoms with Crippen LogP contribution in [-0.4, -0.2) is 24.5 Å². The molecule has 0 bridgehead atoms. The molecule has 3 aromatic rings. The third kappa shape index (κ3) is 2.85. The molecule has 22 heavy (non-hydrogen) atoms. The van der Waals surface area contributed by atoms with Crippen LogP contribution in [0.4, 0.5) is 0 Å². The minimum absolute atomic E-state index is 0.00919. The summed E-state index contributed by atoms with van der Waals surface area (Å²) >= 11 is 1.45. The highest BCUT2D eigenvalue weighted by Crippen LogP contribution is 2.26. The Morgan fingerprint density at radius 1 is 1.36 bits per heavy atom. The SMILES string of the molecule is COc1ccc2[nH]c(C)c(CCNC(=O)c3cccs3)c2c1. The van der Waals surface area contributed by atoms with E-state index in [4.69, 9.17) is 4.74 Å². The molecule has 5 heteroatoms. The fraction of sp³-hybridized carbons (Fsp3) is 0.235. The van der Waals surface area contributed by atoms with Gasteiger partial charge in [0.2, 0.25) is 0 Å². The molecule has 0 fully saturated rings. The highest BCUT2D eigenvalue weighted by Gasteiger charge is 2.11. The van der Waals surface area contributed by atoms with E-state index in [1.807, 2.05) is 35.7 Å². The number of hydrogen-bond acceptors (Lipinski definition) is 3. The number of thiophene rings is 1. The number of aromatic nitrogens is 1. The van der Waals surface area contributed by atoms with Crippen LogP contribution in [0.3, 0.4) is 0 Å². The molecule has 3 rings (SSSR count). The Morgan fingerprint density at radius 2 is 2.23 bits per heavy atom. The van der Waals surface area contributed by atoms with E-state index in [0.717, 1.165) is 33.6 Å². The van der Waals surface area contributed by atoms with E-state index in [1.165, 1.54) is 16.9 Å². The molecule has 2 aromatic heterocycles. The zero-order chi connectivity index (χ0) is 15.5. The normalized spacial score (nSPS) is 10.8. The summed E-state index contributed by atoms with van der Waals surface area (Å²) in [7, 11) is 1.67. The zero-order valence-corrected chi connectivity index (χ0v) is 13.4. The van der Waals surface area contributed by atoms with Gasteiger partial charge in [-0.15, -0.1) is 11.3 Å². The first kappa shape index (κ1) is 14.7. The van der Waals surface area contributed by atoms with E-state index in [1.54, 1.807) is 7.11 Å². The van der Waals surface area contributed by atoms with Gasteiger partial charge < -0.3 is 15.0 Å². The van der Waals surface area contributed by atoms with Crippen LogP contribution in [0.2, 0.25) is 0 Å². The molecule has 0 atom stereocenters. The fourth-order valence-electron chi connectivity index (χ4n) is 2.61. The van der Waals surface area contributed by atoms with Crippen molar-refractivity contribution in [1.29, 1.82) is 0 Å².